The maximum absolute atomic E-state index is 5.15. The van der Waals surface area contributed by atoms with Crippen molar-refractivity contribution < 1.29 is 0 Å². The van der Waals surface area contributed by atoms with E-state index in [-0.39, 0.29) is 5.41 Å². The van der Waals surface area contributed by atoms with Crippen molar-refractivity contribution in [3.05, 3.63) is 167 Å². The molecule has 7 aromatic rings. The number of rotatable bonds is 5. The summed E-state index contributed by atoms with van der Waals surface area (Å²) in [5, 5.41) is 2.45. The van der Waals surface area contributed by atoms with Crippen molar-refractivity contribution in [3.8, 4) is 22.3 Å². The number of nitrogens with zero attached hydrogens (tertiary/aromatic N) is 3. The van der Waals surface area contributed by atoms with E-state index in [9.17, 15) is 0 Å². The molecular weight excluding hydrogens is 573 g/mol. The number of aromatic nitrogens is 1. The Bertz CT molecular complexity index is 2370. The predicted octanol–water partition coefficient (Wildman–Crippen LogP) is 10.4. The van der Waals surface area contributed by atoms with Crippen LogP contribution in [0.1, 0.15) is 41.7 Å². The first kappa shape index (κ1) is 28.6. The third-order valence-electron chi connectivity index (χ3n) is 9.41. The lowest BCUT2D eigenvalue weighted by atomic mass is 9.82. The number of H-pyrrole nitrogens is 1. The van der Waals surface area contributed by atoms with E-state index >= 15 is 0 Å². The van der Waals surface area contributed by atoms with Gasteiger partial charge in [-0.25, -0.2) is 9.98 Å². The standard InChI is InChI=1S/C43H34N4/c1-43(2)37-18-9-7-16-33(37)34-22-20-28(24-38(34)43)27-45-42(47-41(44-3)29-12-5-4-6-13-29)32-15-11-14-30(25-32)31-21-23-36-35-17-8-10-19-39(35)46-40(36)26-31/h4-26,46H,3,27H2,1-2H3/b45-42-,47-41-. The van der Waals surface area contributed by atoms with Crippen LogP contribution in [0.25, 0.3) is 44.1 Å². The Hall–Kier alpha value is -5.87. The summed E-state index contributed by atoms with van der Waals surface area (Å²) >= 11 is 0. The Morgan fingerprint density at radius 3 is 2.19 bits per heavy atom. The molecule has 0 saturated heterocycles. The third kappa shape index (κ3) is 5.08. The molecule has 4 nitrogen and oxygen atoms in total. The van der Waals surface area contributed by atoms with Gasteiger partial charge in [-0.15, -0.1) is 0 Å². The summed E-state index contributed by atoms with van der Waals surface area (Å²) in [6.07, 6.45) is 0. The fourth-order valence-electron chi connectivity index (χ4n) is 6.96. The number of benzene rings is 6. The largest absolute Gasteiger partial charge is 0.354 e. The second-order valence-electron chi connectivity index (χ2n) is 12.7. The average molecular weight is 607 g/mol. The molecule has 0 radical (unpaired) electrons. The maximum atomic E-state index is 5.15. The molecule has 1 aliphatic carbocycles. The number of fused-ring (bicyclic) bond motifs is 6. The van der Waals surface area contributed by atoms with Gasteiger partial charge in [0.2, 0.25) is 0 Å². The van der Waals surface area contributed by atoms with E-state index in [1.54, 1.807) is 0 Å². The summed E-state index contributed by atoms with van der Waals surface area (Å²) in [7, 11) is 0. The molecule has 0 spiro atoms. The number of aromatic amines is 1. The van der Waals surface area contributed by atoms with Crippen molar-refractivity contribution in [2.45, 2.75) is 25.8 Å². The van der Waals surface area contributed by atoms with Crippen LogP contribution < -0.4 is 0 Å². The zero-order chi connectivity index (χ0) is 32.0. The maximum Gasteiger partial charge on any atom is 0.161 e. The van der Waals surface area contributed by atoms with Crippen molar-refractivity contribution in [1.82, 2.24) is 4.98 Å². The number of aliphatic imine (C=N–C) groups is 3. The molecule has 6 aromatic carbocycles. The van der Waals surface area contributed by atoms with E-state index in [1.807, 2.05) is 30.3 Å². The molecule has 47 heavy (non-hydrogen) atoms. The van der Waals surface area contributed by atoms with Gasteiger partial charge < -0.3 is 4.98 Å². The van der Waals surface area contributed by atoms with Crippen LogP contribution in [-0.4, -0.2) is 23.4 Å². The number of hydrogen-bond donors (Lipinski definition) is 1. The van der Waals surface area contributed by atoms with Gasteiger partial charge in [0.05, 0.1) is 6.54 Å². The number of hydrogen-bond acceptors (Lipinski definition) is 1. The van der Waals surface area contributed by atoms with Gasteiger partial charge in [-0.3, -0.25) is 4.99 Å². The van der Waals surface area contributed by atoms with E-state index in [1.165, 1.54) is 33.0 Å². The van der Waals surface area contributed by atoms with Crippen LogP contribution in [0, 0.1) is 0 Å². The van der Waals surface area contributed by atoms with Crippen LogP contribution in [0.15, 0.2) is 155 Å². The highest BCUT2D eigenvalue weighted by atomic mass is 15.0. The van der Waals surface area contributed by atoms with Gasteiger partial charge in [-0.05, 0) is 63.9 Å². The Balaban J connectivity index is 1.20. The van der Waals surface area contributed by atoms with E-state index in [4.69, 9.17) is 9.98 Å². The Morgan fingerprint density at radius 1 is 0.596 bits per heavy atom. The lowest BCUT2D eigenvalue weighted by Crippen LogP contribution is -2.15. The Labute approximate surface area is 274 Å². The number of nitrogens with one attached hydrogen (secondary N) is 1. The van der Waals surface area contributed by atoms with Gasteiger partial charge in [-0.1, -0.05) is 135 Å². The molecule has 0 unspecified atom stereocenters. The third-order valence-corrected chi connectivity index (χ3v) is 9.41. The normalized spacial score (nSPS) is 13.9. The Morgan fingerprint density at radius 2 is 1.32 bits per heavy atom. The van der Waals surface area contributed by atoms with Gasteiger partial charge >= 0.3 is 0 Å². The molecule has 8 rings (SSSR count). The molecule has 4 heteroatoms. The van der Waals surface area contributed by atoms with Crippen LogP contribution in [0.2, 0.25) is 0 Å². The minimum Gasteiger partial charge on any atom is -0.354 e. The zero-order valence-corrected chi connectivity index (χ0v) is 26.5. The minimum absolute atomic E-state index is 0.0692. The van der Waals surface area contributed by atoms with E-state index in [0.717, 1.165) is 38.9 Å². The first-order valence-corrected chi connectivity index (χ1v) is 16.0. The van der Waals surface area contributed by atoms with Gasteiger partial charge in [-0.2, -0.15) is 0 Å². The molecule has 1 heterocycles. The highest BCUT2D eigenvalue weighted by Crippen LogP contribution is 2.48. The van der Waals surface area contributed by atoms with Crippen LogP contribution in [0.3, 0.4) is 0 Å². The summed E-state index contributed by atoms with van der Waals surface area (Å²) in [6.45, 7) is 8.95. The van der Waals surface area contributed by atoms with Crippen molar-refractivity contribution in [2.75, 3.05) is 0 Å². The molecule has 1 aromatic heterocycles. The van der Waals surface area contributed by atoms with Crippen molar-refractivity contribution in [3.63, 3.8) is 0 Å². The van der Waals surface area contributed by atoms with E-state index in [0.29, 0.717) is 18.2 Å². The SMILES string of the molecule is C=N/C(=N\C(=N/Cc1ccc2c(c1)C(C)(C)c1ccccc1-2)c1cccc(-c2ccc3c(c2)[nH]c2ccccc23)c1)c1ccccc1. The number of para-hydroxylation sites is 1. The second kappa shape index (κ2) is 11.5. The molecule has 226 valence electrons. The van der Waals surface area contributed by atoms with Gasteiger partial charge in [0.25, 0.3) is 0 Å². The van der Waals surface area contributed by atoms with E-state index < -0.39 is 0 Å². The topological polar surface area (TPSA) is 52.9 Å². The molecule has 0 atom stereocenters. The molecule has 1 N–H and O–H groups in total. The number of amidine groups is 2. The second-order valence-corrected chi connectivity index (χ2v) is 12.7. The van der Waals surface area contributed by atoms with Gasteiger partial charge in [0, 0.05) is 38.3 Å². The lowest BCUT2D eigenvalue weighted by molar-refractivity contribution is 0.659. The average Bonchev–Trinajstić information content (AvgIpc) is 3.60. The molecule has 1 aliphatic rings. The van der Waals surface area contributed by atoms with Crippen LogP contribution in [-0.2, 0) is 12.0 Å². The van der Waals surface area contributed by atoms with Crippen LogP contribution in [0.4, 0.5) is 0 Å². The van der Waals surface area contributed by atoms with Crippen molar-refractivity contribution in [1.29, 1.82) is 0 Å². The predicted molar refractivity (Wildman–Crippen MR) is 198 cm³/mol. The minimum atomic E-state index is -0.0692. The lowest BCUT2D eigenvalue weighted by Gasteiger charge is -2.21. The summed E-state index contributed by atoms with van der Waals surface area (Å²) in [4.78, 5) is 18.1. The van der Waals surface area contributed by atoms with Gasteiger partial charge in [0.15, 0.2) is 11.7 Å². The molecular formula is C43H34N4. The molecule has 0 saturated carbocycles. The summed E-state index contributed by atoms with van der Waals surface area (Å²) in [5.41, 5.74) is 12.7. The van der Waals surface area contributed by atoms with Crippen molar-refractivity contribution >= 4 is 40.2 Å². The highest BCUT2D eigenvalue weighted by molar-refractivity contribution is 6.13. The fraction of sp³-hybridized carbons (Fsp3) is 0.0930. The van der Waals surface area contributed by atoms with E-state index in [2.05, 4.69) is 140 Å². The van der Waals surface area contributed by atoms with Gasteiger partial charge in [0.1, 0.15) is 0 Å². The quantitative estimate of drug-likeness (QED) is 0.150. The van der Waals surface area contributed by atoms with Crippen LogP contribution in [0.5, 0.6) is 0 Å². The first-order chi connectivity index (χ1) is 23.0. The van der Waals surface area contributed by atoms with Crippen LogP contribution >= 0.6 is 0 Å². The first-order valence-electron chi connectivity index (χ1n) is 16.0. The summed E-state index contributed by atoms with van der Waals surface area (Å²) < 4.78 is 0. The summed E-state index contributed by atoms with van der Waals surface area (Å²) in [6, 6.07) is 48.9. The molecule has 0 fully saturated rings. The van der Waals surface area contributed by atoms with Crippen molar-refractivity contribution in [2.24, 2.45) is 15.0 Å². The Kier molecular flexibility index (Phi) is 6.99. The molecule has 0 aliphatic heterocycles. The monoisotopic (exact) mass is 606 g/mol. The highest BCUT2D eigenvalue weighted by Gasteiger charge is 2.35. The molecule has 0 bridgehead atoms. The smallest absolute Gasteiger partial charge is 0.161 e. The fourth-order valence-corrected chi connectivity index (χ4v) is 6.96. The molecule has 0 amide bonds. The zero-order valence-electron chi connectivity index (χ0n) is 26.5. The summed E-state index contributed by atoms with van der Waals surface area (Å²) in [5.74, 6) is 1.16.